The number of nitrogens with one attached hydrogen (secondary N) is 1. The van der Waals surface area contributed by atoms with Crippen LogP contribution in [0.2, 0.25) is 5.02 Å². The Kier molecular flexibility index (Phi) is 3.36. The first kappa shape index (κ1) is 12.0. The van der Waals surface area contributed by atoms with Gasteiger partial charge in [-0.2, -0.15) is 0 Å². The van der Waals surface area contributed by atoms with Gasteiger partial charge in [0.15, 0.2) is 5.43 Å². The van der Waals surface area contributed by atoms with Crippen LogP contribution in [0.1, 0.15) is 5.69 Å². The molecule has 0 amide bonds. The Labute approximate surface area is 103 Å². The van der Waals surface area contributed by atoms with Crippen molar-refractivity contribution in [1.82, 2.24) is 4.98 Å². The lowest BCUT2D eigenvalue weighted by Gasteiger charge is -2.08. The van der Waals surface area contributed by atoms with Crippen LogP contribution in [-0.2, 0) is 11.3 Å². The van der Waals surface area contributed by atoms with Gasteiger partial charge in [0.05, 0.1) is 29.6 Å². The number of H-pyrrole nitrogens is 1. The summed E-state index contributed by atoms with van der Waals surface area (Å²) in [7, 11) is 3.11. The van der Waals surface area contributed by atoms with Gasteiger partial charge in [0.25, 0.3) is 0 Å². The Morgan fingerprint density at radius 3 is 2.76 bits per heavy atom. The summed E-state index contributed by atoms with van der Waals surface area (Å²) in [5, 5.41) is 0.844. The van der Waals surface area contributed by atoms with E-state index in [1.54, 1.807) is 26.4 Å². The number of rotatable bonds is 3. The van der Waals surface area contributed by atoms with Crippen molar-refractivity contribution in [2.24, 2.45) is 0 Å². The fourth-order valence-corrected chi connectivity index (χ4v) is 2.00. The van der Waals surface area contributed by atoms with E-state index >= 15 is 0 Å². The monoisotopic (exact) mass is 253 g/mol. The van der Waals surface area contributed by atoms with Crippen molar-refractivity contribution in [3.05, 3.63) is 39.1 Å². The number of methoxy groups -OCH3 is 2. The van der Waals surface area contributed by atoms with Gasteiger partial charge >= 0.3 is 0 Å². The van der Waals surface area contributed by atoms with Crippen molar-refractivity contribution < 1.29 is 9.47 Å². The lowest BCUT2D eigenvalue weighted by atomic mass is 10.2. The highest BCUT2D eigenvalue weighted by Crippen LogP contribution is 2.27. The highest BCUT2D eigenvalue weighted by Gasteiger charge is 2.10. The zero-order chi connectivity index (χ0) is 12.4. The second-order valence-electron chi connectivity index (χ2n) is 3.59. The van der Waals surface area contributed by atoms with Gasteiger partial charge in [0.2, 0.25) is 0 Å². The molecular formula is C12H12ClNO3. The Balaban J connectivity index is 2.80. The minimum absolute atomic E-state index is 0.144. The predicted molar refractivity (Wildman–Crippen MR) is 66.8 cm³/mol. The fourth-order valence-electron chi connectivity index (χ4n) is 1.75. The number of halogens is 1. The molecule has 5 heteroatoms. The first-order valence-electron chi connectivity index (χ1n) is 5.04. The molecule has 0 saturated carbocycles. The Morgan fingerprint density at radius 1 is 1.35 bits per heavy atom. The fraction of sp³-hybridized carbons (Fsp3) is 0.250. The molecule has 0 aliphatic heterocycles. The maximum Gasteiger partial charge on any atom is 0.191 e. The molecule has 0 radical (unpaired) electrons. The average molecular weight is 254 g/mol. The zero-order valence-electron chi connectivity index (χ0n) is 9.54. The summed E-state index contributed by atoms with van der Waals surface area (Å²) in [6, 6.07) is 4.85. The van der Waals surface area contributed by atoms with E-state index < -0.39 is 0 Å². The number of hydrogen-bond acceptors (Lipinski definition) is 3. The van der Waals surface area contributed by atoms with Crippen LogP contribution in [0.4, 0.5) is 0 Å². The van der Waals surface area contributed by atoms with Crippen LogP contribution in [0, 0.1) is 0 Å². The summed E-state index contributed by atoms with van der Waals surface area (Å²) < 4.78 is 10.2. The highest BCUT2D eigenvalue weighted by atomic mass is 35.5. The van der Waals surface area contributed by atoms with E-state index in [4.69, 9.17) is 21.1 Å². The normalized spacial score (nSPS) is 10.8. The van der Waals surface area contributed by atoms with Crippen LogP contribution < -0.4 is 10.2 Å². The largest absolute Gasteiger partial charge is 0.495 e. The van der Waals surface area contributed by atoms with Crippen molar-refractivity contribution in [3.8, 4) is 5.75 Å². The van der Waals surface area contributed by atoms with E-state index in [1.165, 1.54) is 6.07 Å². The molecule has 0 unspecified atom stereocenters. The molecule has 2 rings (SSSR count). The average Bonchev–Trinajstić information content (AvgIpc) is 2.29. The summed E-state index contributed by atoms with van der Waals surface area (Å²) in [5.41, 5.74) is 1.14. The summed E-state index contributed by atoms with van der Waals surface area (Å²) in [4.78, 5) is 15.0. The number of aromatic amines is 1. The zero-order valence-corrected chi connectivity index (χ0v) is 10.3. The lowest BCUT2D eigenvalue weighted by molar-refractivity contribution is 0.181. The molecule has 17 heavy (non-hydrogen) atoms. The Morgan fingerprint density at radius 2 is 2.12 bits per heavy atom. The number of benzene rings is 1. The lowest BCUT2D eigenvalue weighted by Crippen LogP contribution is -2.07. The first-order valence-corrected chi connectivity index (χ1v) is 5.42. The molecule has 1 heterocycles. The number of fused-ring (bicyclic) bond motifs is 1. The van der Waals surface area contributed by atoms with Gasteiger partial charge in [0, 0.05) is 18.9 Å². The highest BCUT2D eigenvalue weighted by molar-refractivity contribution is 6.35. The molecule has 1 aromatic carbocycles. The molecule has 0 bridgehead atoms. The summed E-state index contributed by atoms with van der Waals surface area (Å²) in [5.74, 6) is 0.583. The van der Waals surface area contributed by atoms with E-state index in [-0.39, 0.29) is 5.43 Å². The second-order valence-corrected chi connectivity index (χ2v) is 4.00. The Hall–Kier alpha value is -1.52. The van der Waals surface area contributed by atoms with Crippen LogP contribution in [0.5, 0.6) is 5.75 Å². The van der Waals surface area contributed by atoms with Gasteiger partial charge in [-0.1, -0.05) is 11.6 Å². The van der Waals surface area contributed by atoms with E-state index in [0.29, 0.717) is 34.0 Å². The van der Waals surface area contributed by atoms with Crippen LogP contribution in [0.3, 0.4) is 0 Å². The minimum Gasteiger partial charge on any atom is -0.495 e. The number of hydrogen-bond donors (Lipinski definition) is 1. The molecule has 90 valence electrons. The molecule has 0 saturated heterocycles. The summed E-state index contributed by atoms with van der Waals surface area (Å²) >= 11 is 6.01. The van der Waals surface area contributed by atoms with Crippen molar-refractivity contribution in [1.29, 1.82) is 0 Å². The molecule has 0 spiro atoms. The summed E-state index contributed by atoms with van der Waals surface area (Å²) in [6.45, 7) is 0.334. The number of aromatic nitrogens is 1. The number of ether oxygens (including phenoxy) is 2. The van der Waals surface area contributed by atoms with E-state index in [2.05, 4.69) is 4.98 Å². The van der Waals surface area contributed by atoms with Crippen molar-refractivity contribution in [2.45, 2.75) is 6.61 Å². The van der Waals surface area contributed by atoms with Crippen LogP contribution >= 0.6 is 11.6 Å². The Bertz CT molecular complexity index is 606. The van der Waals surface area contributed by atoms with Gasteiger partial charge in [0.1, 0.15) is 5.75 Å². The van der Waals surface area contributed by atoms with Gasteiger partial charge in [-0.3, -0.25) is 4.79 Å². The van der Waals surface area contributed by atoms with Crippen LogP contribution in [0.25, 0.3) is 10.9 Å². The molecule has 4 nitrogen and oxygen atoms in total. The van der Waals surface area contributed by atoms with E-state index in [1.807, 2.05) is 0 Å². The van der Waals surface area contributed by atoms with Crippen molar-refractivity contribution in [3.63, 3.8) is 0 Å². The smallest absolute Gasteiger partial charge is 0.191 e. The van der Waals surface area contributed by atoms with Crippen molar-refractivity contribution >= 4 is 22.5 Å². The second kappa shape index (κ2) is 4.77. The molecule has 1 N–H and O–H groups in total. The molecule has 0 fully saturated rings. The maximum atomic E-state index is 11.9. The number of pyridine rings is 1. The minimum atomic E-state index is -0.144. The maximum absolute atomic E-state index is 11.9. The van der Waals surface area contributed by atoms with E-state index in [0.717, 1.165) is 0 Å². The third-order valence-corrected chi connectivity index (χ3v) is 2.79. The molecule has 2 aromatic rings. The topological polar surface area (TPSA) is 51.3 Å². The third kappa shape index (κ3) is 2.14. The van der Waals surface area contributed by atoms with E-state index in [9.17, 15) is 4.79 Å². The molecule has 0 aliphatic carbocycles. The van der Waals surface area contributed by atoms with Gasteiger partial charge in [-0.25, -0.2) is 0 Å². The molecule has 0 aliphatic rings. The molecule has 1 aromatic heterocycles. The molecule has 0 atom stereocenters. The molecular weight excluding hydrogens is 242 g/mol. The third-order valence-electron chi connectivity index (χ3n) is 2.47. The van der Waals surface area contributed by atoms with Gasteiger partial charge in [-0.15, -0.1) is 0 Å². The SMILES string of the molecule is COCc1cc(=O)c2c(Cl)ccc(OC)c2[nH]1. The van der Waals surface area contributed by atoms with Gasteiger partial charge < -0.3 is 14.5 Å². The first-order chi connectivity index (χ1) is 8.17. The standard InChI is InChI=1S/C12H12ClNO3/c1-16-6-7-5-9(15)11-8(13)3-4-10(17-2)12(11)14-7/h3-5H,6H2,1-2H3,(H,14,15). The van der Waals surface area contributed by atoms with Gasteiger partial charge in [-0.05, 0) is 12.1 Å². The van der Waals surface area contributed by atoms with Crippen LogP contribution in [0.15, 0.2) is 23.0 Å². The predicted octanol–water partition coefficient (Wildman–Crippen LogP) is 2.34. The van der Waals surface area contributed by atoms with Crippen LogP contribution in [-0.4, -0.2) is 19.2 Å². The quantitative estimate of drug-likeness (QED) is 0.913. The summed E-state index contributed by atoms with van der Waals surface area (Å²) in [6.07, 6.45) is 0. The van der Waals surface area contributed by atoms with Crippen molar-refractivity contribution in [2.75, 3.05) is 14.2 Å².